The zero-order valence-corrected chi connectivity index (χ0v) is 16.1. The molecule has 6 heteroatoms. The number of hydrazine groups is 1. The summed E-state index contributed by atoms with van der Waals surface area (Å²) >= 11 is 0. The minimum absolute atomic E-state index is 0.0112. The molecule has 146 valence electrons. The molecular formula is C23H20N2O4. The van der Waals surface area contributed by atoms with Crippen LogP contribution in [0.25, 0.3) is 21.9 Å². The molecular weight excluding hydrogens is 368 g/mol. The summed E-state index contributed by atoms with van der Waals surface area (Å²) in [5.74, 6) is -0.300. The van der Waals surface area contributed by atoms with Gasteiger partial charge in [0.05, 0.1) is 22.9 Å². The van der Waals surface area contributed by atoms with E-state index in [1.165, 1.54) is 6.07 Å². The lowest BCUT2D eigenvalue weighted by Crippen LogP contribution is -2.30. The summed E-state index contributed by atoms with van der Waals surface area (Å²) in [6, 6.07) is 15.5. The van der Waals surface area contributed by atoms with Crippen molar-refractivity contribution in [3.63, 3.8) is 0 Å². The molecule has 6 nitrogen and oxygen atoms in total. The number of rotatable bonds is 4. The van der Waals surface area contributed by atoms with Gasteiger partial charge in [-0.05, 0) is 49.2 Å². The van der Waals surface area contributed by atoms with Crippen molar-refractivity contribution in [2.45, 2.75) is 20.3 Å². The maximum absolute atomic E-state index is 12.9. The molecule has 0 fully saturated rings. The molecule has 1 heterocycles. The Hall–Kier alpha value is -3.80. The number of aromatic hydroxyl groups is 1. The van der Waals surface area contributed by atoms with E-state index in [-0.39, 0.29) is 23.5 Å². The molecule has 0 saturated carbocycles. The van der Waals surface area contributed by atoms with Crippen molar-refractivity contribution in [2.24, 2.45) is 0 Å². The van der Waals surface area contributed by atoms with Gasteiger partial charge in [-0.2, -0.15) is 0 Å². The number of carbonyl (C=O) groups is 1. The van der Waals surface area contributed by atoms with Crippen LogP contribution in [0.2, 0.25) is 0 Å². The molecule has 29 heavy (non-hydrogen) atoms. The van der Waals surface area contributed by atoms with E-state index in [1.807, 2.05) is 19.9 Å². The van der Waals surface area contributed by atoms with Crippen LogP contribution >= 0.6 is 0 Å². The van der Waals surface area contributed by atoms with Crippen LogP contribution in [0.4, 0.5) is 5.69 Å². The maximum atomic E-state index is 12.9. The molecule has 3 aromatic carbocycles. The fraction of sp³-hybridized carbons (Fsp3) is 0.130. The van der Waals surface area contributed by atoms with Crippen LogP contribution in [0.3, 0.4) is 0 Å². The Morgan fingerprint density at radius 3 is 2.52 bits per heavy atom. The Morgan fingerprint density at radius 1 is 0.966 bits per heavy atom. The standard InChI is InChI=1S/C23H20N2O4/c1-13-10-11-17-21(28)16-7-5-6-15(23(16)29-22(17)14(13)2)12-20(27)25-24-18-8-3-4-9-19(18)26/h3-11,24,26H,12H2,1-2H3,(H,25,27). The SMILES string of the molecule is Cc1ccc2c(=O)c3cccc(CC(=O)NNc4ccccc4O)c3oc2c1C. The predicted octanol–water partition coefficient (Wildman–Crippen LogP) is 3.95. The maximum Gasteiger partial charge on any atom is 0.242 e. The van der Waals surface area contributed by atoms with E-state index in [0.717, 1.165) is 11.1 Å². The third kappa shape index (κ3) is 3.40. The summed E-state index contributed by atoms with van der Waals surface area (Å²) in [5, 5.41) is 10.7. The first-order valence-electron chi connectivity index (χ1n) is 9.23. The molecule has 0 saturated heterocycles. The highest BCUT2D eigenvalue weighted by Crippen LogP contribution is 2.26. The van der Waals surface area contributed by atoms with Crippen molar-refractivity contribution in [1.29, 1.82) is 0 Å². The molecule has 0 aliphatic carbocycles. The van der Waals surface area contributed by atoms with Crippen LogP contribution in [0.1, 0.15) is 16.7 Å². The lowest BCUT2D eigenvalue weighted by Gasteiger charge is -2.11. The fourth-order valence-corrected chi connectivity index (χ4v) is 3.30. The number of fused-ring (bicyclic) bond motifs is 2. The van der Waals surface area contributed by atoms with Crippen LogP contribution in [-0.2, 0) is 11.2 Å². The quantitative estimate of drug-likeness (QED) is 0.280. The fourth-order valence-electron chi connectivity index (χ4n) is 3.30. The molecule has 0 aliphatic heterocycles. The number of benzene rings is 3. The van der Waals surface area contributed by atoms with Gasteiger partial charge in [-0.25, -0.2) is 0 Å². The Kier molecular flexibility index (Phi) is 4.68. The summed E-state index contributed by atoms with van der Waals surface area (Å²) < 4.78 is 6.11. The van der Waals surface area contributed by atoms with Crippen molar-refractivity contribution in [2.75, 3.05) is 5.43 Å². The molecule has 0 bridgehead atoms. The summed E-state index contributed by atoms with van der Waals surface area (Å²) in [6.45, 7) is 3.88. The van der Waals surface area contributed by atoms with Crippen LogP contribution < -0.4 is 16.3 Å². The Morgan fingerprint density at radius 2 is 1.72 bits per heavy atom. The summed E-state index contributed by atoms with van der Waals surface area (Å²) in [7, 11) is 0. The number of hydrogen-bond acceptors (Lipinski definition) is 5. The topological polar surface area (TPSA) is 91.6 Å². The van der Waals surface area contributed by atoms with Gasteiger partial charge in [0.15, 0.2) is 0 Å². The number of carbonyl (C=O) groups excluding carboxylic acids is 1. The van der Waals surface area contributed by atoms with E-state index >= 15 is 0 Å². The molecule has 4 rings (SSSR count). The molecule has 1 amide bonds. The number of anilines is 1. The van der Waals surface area contributed by atoms with E-state index in [0.29, 0.717) is 33.2 Å². The minimum atomic E-state index is -0.329. The zero-order chi connectivity index (χ0) is 20.5. The van der Waals surface area contributed by atoms with E-state index < -0.39 is 0 Å². The molecule has 0 spiro atoms. The van der Waals surface area contributed by atoms with E-state index in [1.54, 1.807) is 42.5 Å². The average Bonchev–Trinajstić information content (AvgIpc) is 2.71. The number of hydrogen-bond donors (Lipinski definition) is 3. The zero-order valence-electron chi connectivity index (χ0n) is 16.1. The second-order valence-electron chi connectivity index (χ2n) is 6.98. The number of amides is 1. The molecule has 0 unspecified atom stereocenters. The molecule has 0 radical (unpaired) electrons. The number of phenols is 1. The van der Waals surface area contributed by atoms with E-state index in [4.69, 9.17) is 4.42 Å². The number of phenolic OH excluding ortho intramolecular Hbond substituents is 1. The molecule has 0 atom stereocenters. The smallest absolute Gasteiger partial charge is 0.242 e. The average molecular weight is 388 g/mol. The van der Waals surface area contributed by atoms with Crippen molar-refractivity contribution in [3.05, 3.63) is 81.5 Å². The van der Waals surface area contributed by atoms with Crippen LogP contribution in [0.15, 0.2) is 63.8 Å². The van der Waals surface area contributed by atoms with Gasteiger partial charge in [0.25, 0.3) is 0 Å². The highest BCUT2D eigenvalue weighted by atomic mass is 16.3. The first-order chi connectivity index (χ1) is 14.0. The van der Waals surface area contributed by atoms with Gasteiger partial charge in [-0.1, -0.05) is 30.3 Å². The highest BCUT2D eigenvalue weighted by Gasteiger charge is 2.15. The number of nitrogens with one attached hydrogen (secondary N) is 2. The molecule has 1 aromatic heterocycles. The second kappa shape index (κ2) is 7.31. The van der Waals surface area contributed by atoms with Gasteiger partial charge >= 0.3 is 0 Å². The molecule has 3 N–H and O–H groups in total. The summed E-state index contributed by atoms with van der Waals surface area (Å²) in [6.07, 6.45) is 0.0112. The Balaban J connectivity index is 1.69. The summed E-state index contributed by atoms with van der Waals surface area (Å²) in [5.41, 5.74) is 9.03. The van der Waals surface area contributed by atoms with Gasteiger partial charge in [0, 0.05) is 5.56 Å². The third-order valence-corrected chi connectivity index (χ3v) is 5.06. The largest absolute Gasteiger partial charge is 0.506 e. The Labute approximate surface area is 166 Å². The summed E-state index contributed by atoms with van der Waals surface area (Å²) in [4.78, 5) is 25.4. The highest BCUT2D eigenvalue weighted by molar-refractivity contribution is 5.94. The van der Waals surface area contributed by atoms with Crippen LogP contribution in [-0.4, -0.2) is 11.0 Å². The monoisotopic (exact) mass is 388 g/mol. The molecule has 4 aromatic rings. The normalized spacial score (nSPS) is 11.0. The van der Waals surface area contributed by atoms with Crippen molar-refractivity contribution >= 4 is 33.5 Å². The third-order valence-electron chi connectivity index (χ3n) is 5.06. The van der Waals surface area contributed by atoms with Gasteiger partial charge in [0.1, 0.15) is 16.9 Å². The molecule has 0 aliphatic rings. The second-order valence-corrected chi connectivity index (χ2v) is 6.98. The Bertz CT molecular complexity index is 1310. The lowest BCUT2D eigenvalue weighted by atomic mass is 10.0. The number of para-hydroxylation sites is 3. The lowest BCUT2D eigenvalue weighted by molar-refractivity contribution is -0.119. The van der Waals surface area contributed by atoms with Gasteiger partial charge in [-0.15, -0.1) is 0 Å². The predicted molar refractivity (Wildman–Crippen MR) is 113 cm³/mol. The van der Waals surface area contributed by atoms with Crippen LogP contribution in [0.5, 0.6) is 5.75 Å². The van der Waals surface area contributed by atoms with Crippen molar-refractivity contribution in [3.8, 4) is 5.75 Å². The van der Waals surface area contributed by atoms with E-state index in [2.05, 4.69) is 10.9 Å². The van der Waals surface area contributed by atoms with Crippen molar-refractivity contribution in [1.82, 2.24) is 5.43 Å². The van der Waals surface area contributed by atoms with Gasteiger partial charge in [0.2, 0.25) is 11.3 Å². The first-order valence-corrected chi connectivity index (χ1v) is 9.23. The minimum Gasteiger partial charge on any atom is -0.506 e. The first kappa shape index (κ1) is 18.6. The number of aryl methyl sites for hydroxylation is 2. The van der Waals surface area contributed by atoms with Crippen LogP contribution in [0, 0.1) is 13.8 Å². The van der Waals surface area contributed by atoms with Crippen molar-refractivity contribution < 1.29 is 14.3 Å². The van der Waals surface area contributed by atoms with E-state index in [9.17, 15) is 14.7 Å². The van der Waals surface area contributed by atoms with Gasteiger partial charge < -0.3 is 9.52 Å². The van der Waals surface area contributed by atoms with Gasteiger partial charge in [-0.3, -0.25) is 20.4 Å².